The summed E-state index contributed by atoms with van der Waals surface area (Å²) in [6.45, 7) is 8.14. The molecule has 6 aliphatic rings. The minimum Gasteiger partial charge on any atom is -0.454 e. The molecule has 2 aliphatic carbocycles. The molecule has 8 heterocycles. The quantitative estimate of drug-likeness (QED) is 0.110. The van der Waals surface area contributed by atoms with Gasteiger partial charge in [-0.25, -0.2) is 19.9 Å². The van der Waals surface area contributed by atoms with Crippen LogP contribution in [0.3, 0.4) is 0 Å². The molecule has 1 amide bonds. The first-order valence-electron chi connectivity index (χ1n) is 25.8. The first-order chi connectivity index (χ1) is 36.7. The fourth-order valence-electron chi connectivity index (χ4n) is 9.91. The molecule has 2 saturated carbocycles. The highest BCUT2D eigenvalue weighted by atomic mass is 35.5. The van der Waals surface area contributed by atoms with Crippen LogP contribution >= 0.6 is 11.6 Å². The molecular weight excluding hydrogens is 972 g/mol. The Morgan fingerprint density at radius 1 is 0.600 bits per heavy atom. The number of amides is 1. The van der Waals surface area contributed by atoms with Gasteiger partial charge in [0.25, 0.3) is 0 Å². The molecule has 4 aliphatic heterocycles. The number of carbonyl (C=O) groups is 2. The van der Waals surface area contributed by atoms with Crippen molar-refractivity contribution >= 4 is 56.7 Å². The Labute approximate surface area is 438 Å². The van der Waals surface area contributed by atoms with E-state index in [-0.39, 0.29) is 36.7 Å². The molecule has 2 saturated heterocycles. The fraction of sp³-hybridized carbons (Fsp3) is 0.357. The lowest BCUT2D eigenvalue weighted by atomic mass is 10.1. The Morgan fingerprint density at radius 3 is 1.64 bits per heavy atom. The van der Waals surface area contributed by atoms with Crippen molar-refractivity contribution in [2.75, 3.05) is 50.4 Å². The number of fused-ring (bicyclic) bond motifs is 4. The van der Waals surface area contributed by atoms with E-state index in [0.29, 0.717) is 36.1 Å². The maximum absolute atomic E-state index is 12.6. The maximum Gasteiger partial charge on any atom is 0.231 e. The van der Waals surface area contributed by atoms with E-state index < -0.39 is 0 Å². The lowest BCUT2D eigenvalue weighted by molar-refractivity contribution is -0.133. The SMILES string of the molecule is Cc1ccc2nc(-c3ccc4c(c3)OCO4)n(-c3ccnc(N[C@H]4CCCN(C(=O)C5CC5)C4)n3)c2c1.Cc1ccc2nc(-c3ccc4c(c3)OCO4)n(-c3ccnc(N[C@H]4CCCNC4)n3)c2c1.O=C(Cl)C1CC1. The molecule has 3 N–H and O–H groups in total. The number of halogens is 1. The molecule has 0 spiro atoms. The van der Waals surface area contributed by atoms with Crippen molar-refractivity contribution in [1.29, 1.82) is 0 Å². The van der Waals surface area contributed by atoms with E-state index in [0.717, 1.165) is 156 Å². The van der Waals surface area contributed by atoms with E-state index in [1.165, 1.54) is 0 Å². The van der Waals surface area contributed by atoms with Crippen LogP contribution in [-0.4, -0.2) is 107 Å². The average Bonchev–Trinajstić information content (AvgIpc) is 4.29. The second-order valence-corrected chi connectivity index (χ2v) is 20.3. The Balaban J connectivity index is 0.000000138. The summed E-state index contributed by atoms with van der Waals surface area (Å²) in [5.74, 6) is 7.93. The predicted molar refractivity (Wildman–Crippen MR) is 285 cm³/mol. The molecule has 75 heavy (non-hydrogen) atoms. The van der Waals surface area contributed by atoms with Crippen LogP contribution in [0.2, 0.25) is 0 Å². The van der Waals surface area contributed by atoms with Gasteiger partial charge >= 0.3 is 0 Å². The number of benzene rings is 4. The number of hydrogen-bond donors (Lipinski definition) is 3. The monoisotopic (exact) mass is 1030 g/mol. The van der Waals surface area contributed by atoms with Gasteiger partial charge in [-0.2, -0.15) is 9.97 Å². The van der Waals surface area contributed by atoms with Crippen LogP contribution in [0.1, 0.15) is 62.5 Å². The molecular formula is C56H57ClN12O6. The maximum atomic E-state index is 12.6. The van der Waals surface area contributed by atoms with Gasteiger partial charge in [-0.15, -0.1) is 0 Å². The summed E-state index contributed by atoms with van der Waals surface area (Å²) in [5, 5.41) is 10.2. The molecule has 0 unspecified atom stereocenters. The number of aryl methyl sites for hydroxylation is 2. The van der Waals surface area contributed by atoms with Crippen LogP contribution in [-0.2, 0) is 9.59 Å². The highest BCUT2D eigenvalue weighted by Crippen LogP contribution is 2.40. The van der Waals surface area contributed by atoms with Crippen LogP contribution in [0.4, 0.5) is 11.9 Å². The van der Waals surface area contributed by atoms with Crippen molar-refractivity contribution in [2.24, 2.45) is 11.8 Å². The third kappa shape index (κ3) is 10.6. The summed E-state index contributed by atoms with van der Waals surface area (Å²) >= 11 is 5.04. The van der Waals surface area contributed by atoms with Gasteiger partial charge in [0.05, 0.1) is 22.1 Å². The smallest absolute Gasteiger partial charge is 0.231 e. The third-order valence-electron chi connectivity index (χ3n) is 14.1. The summed E-state index contributed by atoms with van der Waals surface area (Å²) in [4.78, 5) is 53.2. The predicted octanol–water partition coefficient (Wildman–Crippen LogP) is 9.18. The average molecular weight is 1030 g/mol. The van der Waals surface area contributed by atoms with Gasteiger partial charge in [0.1, 0.15) is 23.3 Å². The summed E-state index contributed by atoms with van der Waals surface area (Å²) in [7, 11) is 0. The number of anilines is 2. The van der Waals surface area contributed by atoms with Crippen LogP contribution in [0.25, 0.3) is 56.5 Å². The van der Waals surface area contributed by atoms with E-state index >= 15 is 0 Å². The van der Waals surface area contributed by atoms with Crippen LogP contribution in [0.15, 0.2) is 97.3 Å². The molecule has 19 heteroatoms. The highest BCUT2D eigenvalue weighted by molar-refractivity contribution is 6.64. The zero-order valence-corrected chi connectivity index (χ0v) is 42.6. The van der Waals surface area contributed by atoms with Crippen molar-refractivity contribution in [3.05, 3.63) is 108 Å². The first kappa shape index (κ1) is 48.1. The molecule has 0 bridgehead atoms. The minimum absolute atomic E-state index is 0.127. The van der Waals surface area contributed by atoms with Crippen LogP contribution < -0.4 is 34.9 Å². The van der Waals surface area contributed by atoms with Gasteiger partial charge < -0.3 is 39.8 Å². The standard InChI is InChI=1S/C28H28N6O3.C24H24N6O2.C4H5ClO/c1-17-4-8-21-22(13-17)34(26(31-21)19-7-9-23-24(14-19)37-16-36-23)25-10-11-29-28(32-25)30-20-3-2-12-33(15-20)27(35)18-5-6-18;1-15-4-6-18-19(11-15)30(23(28-18)16-5-7-20-21(12-16)32-14-31-20)22-8-10-26-24(29-22)27-17-3-2-9-25-13-17;5-4(6)3-1-2-3/h4,7-11,13-14,18,20H,2-3,5-6,12,15-16H2,1H3,(H,29,30,32);4-8,10-12,17,25H,2-3,9,13-14H2,1H3,(H,26,27,29);3H,1-2H2/t20-;17-;/m00./s1. The van der Waals surface area contributed by atoms with Crippen molar-refractivity contribution in [3.8, 4) is 57.4 Å². The molecule has 4 aromatic heterocycles. The summed E-state index contributed by atoms with van der Waals surface area (Å²) in [6, 6.07) is 28.5. The Kier molecular flexibility index (Phi) is 13.4. The van der Waals surface area contributed by atoms with Crippen molar-refractivity contribution in [1.82, 2.24) is 49.3 Å². The largest absolute Gasteiger partial charge is 0.454 e. The van der Waals surface area contributed by atoms with E-state index in [1.807, 2.05) is 65.6 Å². The van der Waals surface area contributed by atoms with Gasteiger partial charge in [-0.1, -0.05) is 12.1 Å². The van der Waals surface area contributed by atoms with E-state index in [9.17, 15) is 9.59 Å². The number of rotatable bonds is 10. The topological polar surface area (TPSA) is 198 Å². The number of nitrogens with zero attached hydrogens (tertiary/aromatic N) is 9. The number of imidazole rings is 2. The van der Waals surface area contributed by atoms with Crippen LogP contribution in [0.5, 0.6) is 23.0 Å². The van der Waals surface area contributed by atoms with Gasteiger partial charge in [-0.05, 0) is 167 Å². The summed E-state index contributed by atoms with van der Waals surface area (Å²) in [6.07, 6.45) is 11.9. The number of likely N-dealkylation sites (tertiary alicyclic amines) is 1. The number of ether oxygens (including phenoxy) is 4. The van der Waals surface area contributed by atoms with Crippen molar-refractivity contribution in [3.63, 3.8) is 0 Å². The Bertz CT molecular complexity index is 3440. The number of aromatic nitrogens is 8. The fourth-order valence-corrected chi connectivity index (χ4v) is 10.1. The van der Waals surface area contributed by atoms with Gasteiger partial charge in [-0.3, -0.25) is 18.7 Å². The van der Waals surface area contributed by atoms with Crippen LogP contribution in [0, 0.1) is 25.7 Å². The second-order valence-electron chi connectivity index (χ2n) is 19.9. The normalized spacial score (nSPS) is 18.5. The molecule has 384 valence electrons. The molecule has 18 nitrogen and oxygen atoms in total. The van der Waals surface area contributed by atoms with Gasteiger partial charge in [0.2, 0.25) is 36.6 Å². The van der Waals surface area contributed by atoms with Crippen molar-refractivity contribution < 1.29 is 28.5 Å². The third-order valence-corrected chi connectivity index (χ3v) is 14.5. The zero-order valence-electron chi connectivity index (χ0n) is 41.8. The Morgan fingerprint density at radius 2 is 1.13 bits per heavy atom. The first-order valence-corrected chi connectivity index (χ1v) is 26.2. The number of hydrogen-bond acceptors (Lipinski definition) is 15. The molecule has 14 rings (SSSR count). The molecule has 8 aromatic rings. The highest BCUT2D eigenvalue weighted by Gasteiger charge is 2.36. The van der Waals surface area contributed by atoms with E-state index in [4.69, 9.17) is 50.5 Å². The lowest BCUT2D eigenvalue weighted by Gasteiger charge is -2.33. The molecule has 4 fully saturated rings. The Hall–Kier alpha value is -7.83. The lowest BCUT2D eigenvalue weighted by Crippen LogP contribution is -2.45. The van der Waals surface area contributed by atoms with E-state index in [1.54, 1.807) is 12.4 Å². The number of carbonyl (C=O) groups excluding carboxylic acids is 2. The molecule has 0 radical (unpaired) electrons. The minimum atomic E-state index is -0.157. The van der Waals surface area contributed by atoms with Gasteiger partial charge in [0.15, 0.2) is 23.0 Å². The van der Waals surface area contributed by atoms with Gasteiger partial charge in [0, 0.05) is 67.1 Å². The molecule has 4 aromatic carbocycles. The summed E-state index contributed by atoms with van der Waals surface area (Å²) < 4.78 is 26.4. The molecule has 2 atom stereocenters. The number of piperidine rings is 2. The summed E-state index contributed by atoms with van der Waals surface area (Å²) in [5.41, 5.74) is 7.91. The van der Waals surface area contributed by atoms with E-state index in [2.05, 4.69) is 73.2 Å². The second kappa shape index (κ2) is 20.8. The number of nitrogens with one attached hydrogen (secondary N) is 3. The zero-order chi connectivity index (χ0) is 51.0. The van der Waals surface area contributed by atoms with Crippen molar-refractivity contribution in [2.45, 2.75) is 77.3 Å².